The maximum absolute atomic E-state index is 3.28. The highest BCUT2D eigenvalue weighted by Crippen LogP contribution is 2.43. The average molecular weight is 535 g/mol. The van der Waals surface area contributed by atoms with Crippen molar-refractivity contribution in [1.82, 2.24) is 0 Å². The smallest absolute Gasteiger partial charge is 0.0787 e. The van der Waals surface area contributed by atoms with E-state index >= 15 is 0 Å². The second-order valence-corrected chi connectivity index (χ2v) is 13.3. The number of hydrogen-bond acceptors (Lipinski definition) is 0. The summed E-state index contributed by atoms with van der Waals surface area (Å²) in [6.45, 7) is 22.6. The highest BCUT2D eigenvalue weighted by atomic mass is 14.3. The van der Waals surface area contributed by atoms with Crippen LogP contribution in [-0.4, -0.2) is 0 Å². The Hall–Kier alpha value is -2.88. The lowest BCUT2D eigenvalue weighted by Crippen LogP contribution is -2.20. The molecule has 0 radical (unpaired) electrons. The number of rotatable bonds is 6. The largest absolute Gasteiger partial charge is 0.0978 e. The first-order valence-electron chi connectivity index (χ1n) is 15.4. The Morgan fingerprint density at radius 1 is 0.875 bits per heavy atom. The van der Waals surface area contributed by atoms with E-state index in [-0.39, 0.29) is 11.3 Å². The maximum atomic E-state index is 3.28. The Morgan fingerprint density at radius 2 is 1.55 bits per heavy atom. The monoisotopic (exact) mass is 534 g/mol. The van der Waals surface area contributed by atoms with E-state index in [0.717, 1.165) is 18.4 Å². The van der Waals surface area contributed by atoms with Gasteiger partial charge in [0, 0.05) is 6.42 Å². The van der Waals surface area contributed by atoms with E-state index in [0.29, 0.717) is 11.8 Å². The SMILES string of the molecule is CC1=C(/C=C/C(C)=C/C#C/C(C)=C/CC#CC(C)C#C/C=C(\C)CCC2=C(C)CCCC2(C)C)C(C)(C)CCC1. The van der Waals surface area contributed by atoms with Gasteiger partial charge in [-0.2, -0.15) is 0 Å². The summed E-state index contributed by atoms with van der Waals surface area (Å²) in [6, 6.07) is 0. The van der Waals surface area contributed by atoms with Gasteiger partial charge in [-0.05, 0) is 133 Å². The first-order chi connectivity index (χ1) is 18.8. The highest BCUT2D eigenvalue weighted by molar-refractivity contribution is 5.39. The van der Waals surface area contributed by atoms with E-state index in [1.54, 1.807) is 11.1 Å². The third-order valence-corrected chi connectivity index (χ3v) is 8.53. The summed E-state index contributed by atoms with van der Waals surface area (Å²) in [5, 5.41) is 0. The molecule has 2 aliphatic carbocycles. The molecule has 0 bridgehead atoms. The molecule has 0 aromatic carbocycles. The molecular formula is C40H54. The minimum atomic E-state index is 0.0661. The van der Waals surface area contributed by atoms with Gasteiger partial charge in [-0.1, -0.05) is 104 Å². The van der Waals surface area contributed by atoms with E-state index in [4.69, 9.17) is 0 Å². The molecule has 1 unspecified atom stereocenters. The minimum absolute atomic E-state index is 0.0661. The lowest BCUT2D eigenvalue weighted by Gasteiger charge is -2.34. The highest BCUT2D eigenvalue weighted by Gasteiger charge is 2.28. The first kappa shape index (κ1) is 33.3. The summed E-state index contributed by atoms with van der Waals surface area (Å²) in [5.41, 5.74) is 10.5. The molecule has 1 atom stereocenters. The molecule has 0 aromatic rings. The Balaban J connectivity index is 1.84. The van der Waals surface area contributed by atoms with Crippen molar-refractivity contribution in [3.8, 4) is 35.5 Å². The molecule has 0 aromatic heterocycles. The number of allylic oxidation sites excluding steroid dienone is 12. The van der Waals surface area contributed by atoms with E-state index < -0.39 is 0 Å². The zero-order chi connectivity index (χ0) is 29.8. The molecule has 0 fully saturated rings. The fourth-order valence-corrected chi connectivity index (χ4v) is 5.95. The van der Waals surface area contributed by atoms with Gasteiger partial charge in [0.25, 0.3) is 0 Å². The second-order valence-electron chi connectivity index (χ2n) is 13.3. The fraction of sp³-hybridized carbons (Fsp3) is 0.550. The molecular weight excluding hydrogens is 480 g/mol. The zero-order valence-corrected chi connectivity index (χ0v) is 27.3. The Morgan fingerprint density at radius 3 is 2.23 bits per heavy atom. The third-order valence-electron chi connectivity index (χ3n) is 8.53. The van der Waals surface area contributed by atoms with Crippen LogP contribution in [0.3, 0.4) is 0 Å². The molecule has 0 saturated heterocycles. The summed E-state index contributed by atoms with van der Waals surface area (Å²) < 4.78 is 0. The lowest BCUT2D eigenvalue weighted by molar-refractivity contribution is 0.354. The number of hydrogen-bond donors (Lipinski definition) is 0. The van der Waals surface area contributed by atoms with Gasteiger partial charge >= 0.3 is 0 Å². The minimum Gasteiger partial charge on any atom is -0.0978 e. The molecule has 2 rings (SSSR count). The lowest BCUT2D eigenvalue weighted by atomic mass is 9.71. The van der Waals surface area contributed by atoms with Gasteiger partial charge < -0.3 is 0 Å². The second kappa shape index (κ2) is 15.8. The van der Waals surface area contributed by atoms with Crippen molar-refractivity contribution >= 4 is 0 Å². The van der Waals surface area contributed by atoms with Crippen molar-refractivity contribution in [2.75, 3.05) is 0 Å². The molecule has 0 amide bonds. The van der Waals surface area contributed by atoms with Crippen LogP contribution in [0.15, 0.2) is 69.4 Å². The fourth-order valence-electron chi connectivity index (χ4n) is 5.95. The molecule has 214 valence electrons. The van der Waals surface area contributed by atoms with Crippen LogP contribution in [0.4, 0.5) is 0 Å². The van der Waals surface area contributed by atoms with Crippen molar-refractivity contribution < 1.29 is 0 Å². The Kier molecular flexibility index (Phi) is 13.2. The van der Waals surface area contributed by atoms with Gasteiger partial charge in [0.1, 0.15) is 0 Å². The van der Waals surface area contributed by atoms with E-state index in [2.05, 4.69) is 129 Å². The van der Waals surface area contributed by atoms with Crippen LogP contribution in [0.2, 0.25) is 0 Å². The quantitative estimate of drug-likeness (QED) is 0.181. The third kappa shape index (κ3) is 11.3. The van der Waals surface area contributed by atoms with Gasteiger partial charge in [-0.3, -0.25) is 0 Å². The topological polar surface area (TPSA) is 0 Å². The van der Waals surface area contributed by atoms with Gasteiger partial charge in [-0.25, -0.2) is 0 Å². The van der Waals surface area contributed by atoms with Crippen molar-refractivity contribution in [1.29, 1.82) is 0 Å². The summed E-state index contributed by atoms with van der Waals surface area (Å²) in [4.78, 5) is 0. The van der Waals surface area contributed by atoms with E-state index in [1.807, 2.05) is 6.08 Å². The molecule has 0 N–H and O–H groups in total. The normalized spacial score (nSPS) is 20.3. The van der Waals surface area contributed by atoms with Gasteiger partial charge in [0.2, 0.25) is 0 Å². The summed E-state index contributed by atoms with van der Waals surface area (Å²) in [7, 11) is 0. The van der Waals surface area contributed by atoms with Crippen LogP contribution in [-0.2, 0) is 0 Å². The predicted molar refractivity (Wildman–Crippen MR) is 177 cm³/mol. The van der Waals surface area contributed by atoms with E-state index in [9.17, 15) is 0 Å². The van der Waals surface area contributed by atoms with Crippen LogP contribution in [0.1, 0.15) is 127 Å². The van der Waals surface area contributed by atoms with Crippen LogP contribution < -0.4 is 0 Å². The molecule has 40 heavy (non-hydrogen) atoms. The average Bonchev–Trinajstić information content (AvgIpc) is 2.85. The van der Waals surface area contributed by atoms with Gasteiger partial charge in [0.05, 0.1) is 5.92 Å². The summed E-state index contributed by atoms with van der Waals surface area (Å²) in [6.07, 6.45) is 21.4. The van der Waals surface area contributed by atoms with Crippen molar-refractivity contribution in [2.24, 2.45) is 16.7 Å². The maximum Gasteiger partial charge on any atom is 0.0787 e. The van der Waals surface area contributed by atoms with Crippen LogP contribution >= 0.6 is 0 Å². The molecule has 0 spiro atoms. The van der Waals surface area contributed by atoms with Crippen molar-refractivity contribution in [2.45, 2.75) is 127 Å². The van der Waals surface area contributed by atoms with E-state index in [1.165, 1.54) is 60.8 Å². The summed E-state index contributed by atoms with van der Waals surface area (Å²) >= 11 is 0. The van der Waals surface area contributed by atoms with Crippen LogP contribution in [0.5, 0.6) is 0 Å². The molecule has 0 heteroatoms. The molecule has 0 aliphatic heterocycles. The van der Waals surface area contributed by atoms with Crippen LogP contribution in [0.25, 0.3) is 0 Å². The molecule has 0 heterocycles. The first-order valence-corrected chi connectivity index (χ1v) is 15.4. The molecule has 2 aliphatic rings. The van der Waals surface area contributed by atoms with Gasteiger partial charge in [-0.15, -0.1) is 0 Å². The zero-order valence-electron chi connectivity index (χ0n) is 27.3. The van der Waals surface area contributed by atoms with Crippen molar-refractivity contribution in [3.05, 3.63) is 69.4 Å². The van der Waals surface area contributed by atoms with Crippen LogP contribution in [0, 0.1) is 52.3 Å². The summed E-state index contributed by atoms with van der Waals surface area (Å²) in [5.74, 6) is 19.5. The van der Waals surface area contributed by atoms with Crippen molar-refractivity contribution in [3.63, 3.8) is 0 Å². The Labute approximate surface area is 248 Å². The molecule has 0 saturated carbocycles. The van der Waals surface area contributed by atoms with Gasteiger partial charge in [0.15, 0.2) is 0 Å². The molecule has 0 nitrogen and oxygen atoms in total. The Bertz CT molecular complexity index is 1270. The predicted octanol–water partition coefficient (Wildman–Crippen LogP) is 11.3. The standard InChI is InChI=1S/C40H54/c1-31(19-13-21-33(3)25-27-37-35(5)23-15-29-39(37,7)8)17-11-12-18-32(2)20-14-22-34(4)26-28-38-36(6)24-16-30-40(38,9)10/h17,21-22,25,27,32H,11,15-16,23-24,26,28-30H2,1-10H3/b27-25+,31-17+,33-21+,34-22+.